The van der Waals surface area contributed by atoms with Gasteiger partial charge in [0.15, 0.2) is 6.29 Å². The highest BCUT2D eigenvalue weighted by Crippen LogP contribution is 2.39. The van der Waals surface area contributed by atoms with Crippen LogP contribution in [0.15, 0.2) is 116 Å². The zero-order valence-electron chi connectivity index (χ0n) is 24.3. The lowest BCUT2D eigenvalue weighted by Gasteiger charge is -2.36. The van der Waals surface area contributed by atoms with Crippen molar-refractivity contribution in [3.05, 3.63) is 138 Å². The lowest BCUT2D eigenvalue weighted by Crippen LogP contribution is -2.32. The highest BCUT2D eigenvalue weighted by Gasteiger charge is 2.32. The number of carbonyl (C=O) groups excluding carboxylic acids is 1. The van der Waals surface area contributed by atoms with E-state index in [2.05, 4.69) is 39.6 Å². The summed E-state index contributed by atoms with van der Waals surface area (Å²) in [6, 6.07) is 32.2. The minimum absolute atomic E-state index is 0.00189. The predicted molar refractivity (Wildman–Crippen MR) is 168 cm³/mol. The van der Waals surface area contributed by atoms with Crippen molar-refractivity contribution in [1.82, 2.24) is 14.9 Å². The third kappa shape index (κ3) is 6.89. The van der Waals surface area contributed by atoms with Gasteiger partial charge in [-0.15, -0.1) is 0 Å². The van der Waals surface area contributed by atoms with E-state index in [-0.39, 0.29) is 25.4 Å². The van der Waals surface area contributed by atoms with E-state index < -0.39 is 12.4 Å². The molecule has 1 aliphatic rings. The first-order chi connectivity index (χ1) is 21.6. The van der Waals surface area contributed by atoms with Crippen LogP contribution in [0.1, 0.15) is 41.1 Å². The molecule has 3 unspecified atom stereocenters. The Bertz CT molecular complexity index is 1710. The zero-order chi connectivity index (χ0) is 30.3. The van der Waals surface area contributed by atoms with Crippen LogP contribution in [0.4, 0.5) is 4.79 Å². The summed E-state index contributed by atoms with van der Waals surface area (Å²) in [5.74, 6) is 0. The summed E-state index contributed by atoms with van der Waals surface area (Å²) in [7, 11) is 0. The van der Waals surface area contributed by atoms with Crippen molar-refractivity contribution in [2.24, 2.45) is 0 Å². The second-order valence-corrected chi connectivity index (χ2v) is 10.8. The van der Waals surface area contributed by atoms with E-state index >= 15 is 0 Å². The van der Waals surface area contributed by atoms with Gasteiger partial charge in [-0.2, -0.15) is 0 Å². The second kappa shape index (κ2) is 13.7. The molecule has 44 heavy (non-hydrogen) atoms. The van der Waals surface area contributed by atoms with Crippen LogP contribution in [-0.4, -0.2) is 33.5 Å². The number of para-hydroxylation sites is 2. The van der Waals surface area contributed by atoms with E-state index in [0.29, 0.717) is 19.5 Å². The number of hydrogen-bond acceptors (Lipinski definition) is 6. The molecule has 8 nitrogen and oxygen atoms in total. The number of aromatic nitrogens is 2. The van der Waals surface area contributed by atoms with Gasteiger partial charge in [-0.05, 0) is 46.0 Å². The van der Waals surface area contributed by atoms with Crippen LogP contribution < -0.4 is 5.32 Å². The first kappa shape index (κ1) is 29.3. The molecule has 2 N–H and O–H groups in total. The minimum Gasteiger partial charge on any atom is -0.445 e. The van der Waals surface area contributed by atoms with Crippen molar-refractivity contribution < 1.29 is 24.1 Å². The maximum Gasteiger partial charge on any atom is 0.407 e. The van der Waals surface area contributed by atoms with Gasteiger partial charge in [0.05, 0.1) is 42.7 Å². The Hall–Kier alpha value is -4.76. The normalized spacial score (nSPS) is 18.2. The zero-order valence-corrected chi connectivity index (χ0v) is 24.3. The molecular weight excluding hydrogens is 554 g/mol. The van der Waals surface area contributed by atoms with Crippen LogP contribution in [0.2, 0.25) is 0 Å². The molecule has 1 fully saturated rings. The summed E-state index contributed by atoms with van der Waals surface area (Å²) < 4.78 is 20.2. The van der Waals surface area contributed by atoms with Crippen molar-refractivity contribution in [2.45, 2.75) is 44.6 Å². The third-order valence-electron chi connectivity index (χ3n) is 7.75. The highest BCUT2D eigenvalue weighted by molar-refractivity contribution is 5.75. The molecule has 0 saturated carbocycles. The molecule has 0 aliphatic carbocycles. The number of nitrogens with one attached hydrogen (secondary N) is 1. The van der Waals surface area contributed by atoms with Gasteiger partial charge in [-0.25, -0.2) is 9.78 Å². The summed E-state index contributed by atoms with van der Waals surface area (Å²) >= 11 is 0. The fourth-order valence-corrected chi connectivity index (χ4v) is 5.46. The second-order valence-electron chi connectivity index (χ2n) is 10.8. The molecule has 4 aromatic carbocycles. The molecule has 1 aliphatic heterocycles. The summed E-state index contributed by atoms with van der Waals surface area (Å²) in [5.41, 5.74) is 7.90. The Morgan fingerprint density at radius 2 is 1.75 bits per heavy atom. The molecular formula is C36H35N3O5. The number of carbonyl (C=O) groups is 1. The molecule has 0 spiro atoms. The maximum atomic E-state index is 11.8. The summed E-state index contributed by atoms with van der Waals surface area (Å²) in [6.07, 6.45) is 2.75. The van der Waals surface area contributed by atoms with Gasteiger partial charge >= 0.3 is 6.09 Å². The van der Waals surface area contributed by atoms with Crippen molar-refractivity contribution in [3.63, 3.8) is 0 Å². The first-order valence-electron chi connectivity index (χ1n) is 14.7. The van der Waals surface area contributed by atoms with Crippen LogP contribution in [0.5, 0.6) is 0 Å². The number of rotatable bonds is 10. The number of aliphatic hydroxyl groups is 1. The Kier molecular flexibility index (Phi) is 9.12. The van der Waals surface area contributed by atoms with Crippen LogP contribution in [0, 0.1) is 0 Å². The van der Waals surface area contributed by atoms with Gasteiger partial charge in [0, 0.05) is 18.5 Å². The van der Waals surface area contributed by atoms with Crippen LogP contribution >= 0.6 is 0 Å². The van der Waals surface area contributed by atoms with Gasteiger partial charge in [0.1, 0.15) is 6.61 Å². The monoisotopic (exact) mass is 589 g/mol. The van der Waals surface area contributed by atoms with Gasteiger partial charge in [0.2, 0.25) is 0 Å². The molecule has 2 heterocycles. The molecule has 3 atom stereocenters. The van der Waals surface area contributed by atoms with Crippen LogP contribution in [0.25, 0.3) is 22.2 Å². The van der Waals surface area contributed by atoms with Crippen molar-refractivity contribution in [2.75, 3.05) is 6.61 Å². The van der Waals surface area contributed by atoms with Gasteiger partial charge in [-0.3, -0.25) is 0 Å². The maximum absolute atomic E-state index is 11.8. The van der Waals surface area contributed by atoms with Crippen molar-refractivity contribution in [1.29, 1.82) is 0 Å². The van der Waals surface area contributed by atoms with Crippen molar-refractivity contribution >= 4 is 17.1 Å². The minimum atomic E-state index is -0.558. The molecule has 224 valence electrons. The van der Waals surface area contributed by atoms with E-state index in [1.165, 1.54) is 6.08 Å². The number of aliphatic hydroxyl groups excluding tert-OH is 1. The Morgan fingerprint density at radius 3 is 2.55 bits per heavy atom. The third-order valence-corrected chi connectivity index (χ3v) is 7.75. The quantitative estimate of drug-likeness (QED) is 0.173. The van der Waals surface area contributed by atoms with E-state index in [4.69, 9.17) is 14.2 Å². The van der Waals surface area contributed by atoms with Crippen LogP contribution in [-0.2, 0) is 33.9 Å². The molecule has 1 amide bonds. The number of ether oxygens (including phenoxy) is 3. The Morgan fingerprint density at radius 1 is 0.955 bits per heavy atom. The topological polar surface area (TPSA) is 94.8 Å². The fourth-order valence-electron chi connectivity index (χ4n) is 5.46. The number of nitrogens with zero attached hydrogens (tertiary/aromatic N) is 2. The molecule has 6 rings (SSSR count). The van der Waals surface area contributed by atoms with Crippen LogP contribution in [0.3, 0.4) is 0 Å². The predicted octanol–water partition coefficient (Wildman–Crippen LogP) is 6.85. The Labute approximate surface area is 256 Å². The molecule has 0 bridgehead atoms. The SMILES string of the molecule is C=CCOC(=O)NCc1cccc(-c2ccc(C3OC(Cn4cnc5ccccc54)CC(c4ccc(CO)cc4)O3)cc2)c1. The average molecular weight is 590 g/mol. The lowest BCUT2D eigenvalue weighted by atomic mass is 9.99. The number of benzene rings is 4. The fraction of sp³-hybridized carbons (Fsp3) is 0.222. The molecule has 8 heteroatoms. The first-order valence-corrected chi connectivity index (χ1v) is 14.7. The number of hydrogen-bond donors (Lipinski definition) is 2. The summed E-state index contributed by atoms with van der Waals surface area (Å²) in [6.45, 7) is 4.73. The number of fused-ring (bicyclic) bond motifs is 1. The van der Waals surface area contributed by atoms with Crippen molar-refractivity contribution in [3.8, 4) is 11.1 Å². The molecule has 1 aromatic heterocycles. The van der Waals surface area contributed by atoms with E-state index in [1.807, 2.05) is 85.2 Å². The summed E-state index contributed by atoms with van der Waals surface area (Å²) in [5, 5.41) is 12.3. The van der Waals surface area contributed by atoms with E-state index in [0.717, 1.165) is 44.4 Å². The summed E-state index contributed by atoms with van der Waals surface area (Å²) in [4.78, 5) is 16.4. The number of imidazole rings is 1. The van der Waals surface area contributed by atoms with E-state index in [9.17, 15) is 9.90 Å². The number of amides is 1. The van der Waals surface area contributed by atoms with Gasteiger partial charge in [0.25, 0.3) is 0 Å². The average Bonchev–Trinajstić information content (AvgIpc) is 3.49. The molecule has 0 radical (unpaired) electrons. The van der Waals surface area contributed by atoms with Gasteiger partial charge < -0.3 is 29.2 Å². The molecule has 1 saturated heterocycles. The molecule has 5 aromatic rings. The Balaban J connectivity index is 1.20. The van der Waals surface area contributed by atoms with Gasteiger partial charge in [-0.1, -0.05) is 91.5 Å². The largest absolute Gasteiger partial charge is 0.445 e. The van der Waals surface area contributed by atoms with E-state index in [1.54, 1.807) is 0 Å². The lowest BCUT2D eigenvalue weighted by molar-refractivity contribution is -0.252. The highest BCUT2D eigenvalue weighted by atomic mass is 16.7. The smallest absolute Gasteiger partial charge is 0.407 e. The standard InChI is InChI=1S/C36H35N3O5/c1-2-18-42-36(41)37-21-26-6-5-7-30(19-26)27-14-16-29(17-15-27)35-43-31(22-39-24-38-32-8-3-4-9-33(32)39)20-34(44-35)28-12-10-25(23-40)11-13-28/h2-17,19,24,31,34-35,40H,1,18,20-23H2,(H,37,41). The number of alkyl carbamates (subject to hydrolysis) is 1.